The number of rotatable bonds is 3. The van der Waals surface area contributed by atoms with Gasteiger partial charge in [0.05, 0.1) is 12.5 Å². The van der Waals surface area contributed by atoms with Gasteiger partial charge in [0.1, 0.15) is 6.10 Å². The number of cyclic esters (lactones) is 1. The molecule has 122 valence electrons. The molecular formula is C19H28O3. The predicted molar refractivity (Wildman–Crippen MR) is 86.1 cm³/mol. The van der Waals surface area contributed by atoms with Crippen LogP contribution in [0.5, 0.6) is 0 Å². The molecule has 1 aliphatic heterocycles. The topological polar surface area (TPSA) is 46.5 Å². The molecule has 3 heteroatoms. The van der Waals surface area contributed by atoms with Gasteiger partial charge in [-0.15, -0.1) is 0 Å². The molecule has 1 fully saturated rings. The van der Waals surface area contributed by atoms with E-state index in [-0.39, 0.29) is 18.5 Å². The van der Waals surface area contributed by atoms with E-state index in [1.165, 1.54) is 18.4 Å². The first-order valence-electron chi connectivity index (χ1n) is 8.80. The smallest absolute Gasteiger partial charge is 0.308 e. The van der Waals surface area contributed by atoms with Gasteiger partial charge in [0.2, 0.25) is 0 Å². The van der Waals surface area contributed by atoms with Gasteiger partial charge in [0.25, 0.3) is 0 Å². The van der Waals surface area contributed by atoms with Crippen LogP contribution in [0.2, 0.25) is 0 Å². The van der Waals surface area contributed by atoms with Gasteiger partial charge in [-0.25, -0.2) is 0 Å². The number of aliphatic hydroxyl groups is 1. The highest BCUT2D eigenvalue weighted by molar-refractivity contribution is 5.70. The van der Waals surface area contributed by atoms with Crippen molar-refractivity contribution < 1.29 is 14.6 Å². The van der Waals surface area contributed by atoms with Crippen molar-refractivity contribution in [2.45, 2.75) is 64.6 Å². The minimum atomic E-state index is -0.513. The summed E-state index contributed by atoms with van der Waals surface area (Å²) in [5.74, 6) is 2.34. The third kappa shape index (κ3) is 3.45. The molecule has 1 heterocycles. The number of ether oxygens (including phenoxy) is 1. The van der Waals surface area contributed by atoms with Gasteiger partial charge in [-0.05, 0) is 54.9 Å². The summed E-state index contributed by atoms with van der Waals surface area (Å²) in [6.45, 7) is 4.60. The van der Waals surface area contributed by atoms with Crippen LogP contribution in [0.1, 0.15) is 52.4 Å². The summed E-state index contributed by atoms with van der Waals surface area (Å²) in [6, 6.07) is 0. The van der Waals surface area contributed by atoms with Crippen LogP contribution in [0.15, 0.2) is 23.8 Å². The third-order valence-corrected chi connectivity index (χ3v) is 5.68. The lowest BCUT2D eigenvalue weighted by atomic mass is 9.66. The number of carbonyl (C=O) groups is 1. The molecule has 0 saturated carbocycles. The van der Waals surface area contributed by atoms with E-state index in [4.69, 9.17) is 4.74 Å². The second-order valence-corrected chi connectivity index (χ2v) is 7.49. The van der Waals surface area contributed by atoms with Gasteiger partial charge >= 0.3 is 5.97 Å². The SMILES string of the molecule is C[C@H]1C=C2C=C[C@H](C)[C@H](CC[C@@H]3CC(O)CC(=O)O3)[C@H]2CC1. The molecule has 0 spiro atoms. The van der Waals surface area contributed by atoms with E-state index in [1.54, 1.807) is 0 Å². The van der Waals surface area contributed by atoms with E-state index < -0.39 is 6.10 Å². The first kappa shape index (κ1) is 15.8. The summed E-state index contributed by atoms with van der Waals surface area (Å²) in [5.41, 5.74) is 1.52. The van der Waals surface area contributed by atoms with Gasteiger partial charge in [0, 0.05) is 6.42 Å². The Morgan fingerprint density at radius 3 is 2.86 bits per heavy atom. The van der Waals surface area contributed by atoms with Crippen LogP contribution >= 0.6 is 0 Å². The highest BCUT2D eigenvalue weighted by atomic mass is 16.5. The Morgan fingerprint density at radius 1 is 1.27 bits per heavy atom. The molecule has 3 aliphatic rings. The molecule has 1 unspecified atom stereocenters. The molecule has 0 bridgehead atoms. The van der Waals surface area contributed by atoms with Crippen molar-refractivity contribution in [3.8, 4) is 0 Å². The van der Waals surface area contributed by atoms with Crippen molar-refractivity contribution in [2.75, 3.05) is 0 Å². The Kier molecular flexibility index (Phi) is 4.72. The normalized spacial score (nSPS) is 41.6. The highest BCUT2D eigenvalue weighted by Gasteiger charge is 2.34. The molecule has 22 heavy (non-hydrogen) atoms. The van der Waals surface area contributed by atoms with E-state index in [0.29, 0.717) is 30.1 Å². The molecule has 0 aromatic carbocycles. The number of fused-ring (bicyclic) bond motifs is 1. The van der Waals surface area contributed by atoms with Crippen molar-refractivity contribution >= 4 is 5.97 Å². The van der Waals surface area contributed by atoms with E-state index in [2.05, 4.69) is 32.1 Å². The number of esters is 1. The van der Waals surface area contributed by atoms with Crippen molar-refractivity contribution in [2.24, 2.45) is 23.7 Å². The lowest BCUT2D eigenvalue weighted by Gasteiger charge is -2.39. The summed E-state index contributed by atoms with van der Waals surface area (Å²) >= 11 is 0. The van der Waals surface area contributed by atoms with E-state index >= 15 is 0 Å². The van der Waals surface area contributed by atoms with Crippen LogP contribution < -0.4 is 0 Å². The maximum atomic E-state index is 11.5. The summed E-state index contributed by atoms with van der Waals surface area (Å²) in [4.78, 5) is 11.5. The Balaban J connectivity index is 1.63. The molecule has 0 aromatic heterocycles. The van der Waals surface area contributed by atoms with Gasteiger partial charge < -0.3 is 9.84 Å². The zero-order valence-electron chi connectivity index (χ0n) is 13.7. The lowest BCUT2D eigenvalue weighted by molar-refractivity contribution is -0.160. The average Bonchev–Trinajstić information content (AvgIpc) is 2.45. The third-order valence-electron chi connectivity index (χ3n) is 5.68. The lowest BCUT2D eigenvalue weighted by Crippen LogP contribution is -2.34. The Morgan fingerprint density at radius 2 is 2.09 bits per heavy atom. The fraction of sp³-hybridized carbons (Fsp3) is 0.737. The molecular weight excluding hydrogens is 276 g/mol. The number of allylic oxidation sites excluding steroid dienone is 4. The fourth-order valence-corrected chi connectivity index (χ4v) is 4.44. The van der Waals surface area contributed by atoms with Crippen LogP contribution in [0, 0.1) is 23.7 Å². The molecule has 1 saturated heterocycles. The first-order chi connectivity index (χ1) is 10.5. The van der Waals surface area contributed by atoms with E-state index in [9.17, 15) is 9.90 Å². The second kappa shape index (κ2) is 6.57. The summed E-state index contributed by atoms with van der Waals surface area (Å²) in [5, 5.41) is 9.73. The Labute approximate surface area is 133 Å². The number of carbonyl (C=O) groups excluding carboxylic acids is 1. The highest BCUT2D eigenvalue weighted by Crippen LogP contribution is 2.43. The number of hydrogen-bond donors (Lipinski definition) is 1. The van der Waals surface area contributed by atoms with Crippen LogP contribution in [0.25, 0.3) is 0 Å². The molecule has 1 N–H and O–H groups in total. The largest absolute Gasteiger partial charge is 0.462 e. The maximum Gasteiger partial charge on any atom is 0.308 e. The molecule has 6 atom stereocenters. The molecule has 0 amide bonds. The molecule has 0 aromatic rings. The molecule has 2 aliphatic carbocycles. The van der Waals surface area contributed by atoms with Gasteiger partial charge in [0.15, 0.2) is 0 Å². The average molecular weight is 304 g/mol. The van der Waals surface area contributed by atoms with Crippen molar-refractivity contribution in [1.29, 1.82) is 0 Å². The molecule has 3 nitrogen and oxygen atoms in total. The van der Waals surface area contributed by atoms with Crippen molar-refractivity contribution in [1.82, 2.24) is 0 Å². The maximum absolute atomic E-state index is 11.5. The van der Waals surface area contributed by atoms with Crippen LogP contribution in [0.4, 0.5) is 0 Å². The molecule has 0 radical (unpaired) electrons. The minimum Gasteiger partial charge on any atom is -0.462 e. The summed E-state index contributed by atoms with van der Waals surface area (Å²) in [7, 11) is 0. The zero-order chi connectivity index (χ0) is 15.7. The van der Waals surface area contributed by atoms with Gasteiger partial charge in [-0.1, -0.05) is 32.1 Å². The van der Waals surface area contributed by atoms with E-state index in [0.717, 1.165) is 12.8 Å². The Bertz CT molecular complexity index is 479. The van der Waals surface area contributed by atoms with Crippen molar-refractivity contribution in [3.05, 3.63) is 23.8 Å². The van der Waals surface area contributed by atoms with Crippen LogP contribution in [0.3, 0.4) is 0 Å². The number of hydrogen-bond acceptors (Lipinski definition) is 3. The van der Waals surface area contributed by atoms with Gasteiger partial charge in [-0.3, -0.25) is 4.79 Å². The van der Waals surface area contributed by atoms with Crippen molar-refractivity contribution in [3.63, 3.8) is 0 Å². The first-order valence-corrected chi connectivity index (χ1v) is 8.80. The summed E-state index contributed by atoms with van der Waals surface area (Å²) in [6.07, 6.45) is 11.8. The minimum absolute atomic E-state index is 0.0932. The Hall–Kier alpha value is -1.09. The molecule has 3 rings (SSSR count). The predicted octanol–water partition coefficient (Wildman–Crippen LogP) is 3.63. The summed E-state index contributed by atoms with van der Waals surface area (Å²) < 4.78 is 5.40. The van der Waals surface area contributed by atoms with Crippen LogP contribution in [-0.4, -0.2) is 23.3 Å². The van der Waals surface area contributed by atoms with Gasteiger partial charge in [-0.2, -0.15) is 0 Å². The standard InChI is InChI=1S/C19H28O3/c1-12-3-7-18-14(9-12)5-4-13(2)17(18)8-6-16-10-15(20)11-19(21)22-16/h4-5,9,12-13,15-18,20H,3,6-8,10-11H2,1-2H3/t12-,13+,15?,16-,17+,18+/m1/s1. The fourth-order valence-electron chi connectivity index (χ4n) is 4.44. The second-order valence-electron chi connectivity index (χ2n) is 7.49. The quantitative estimate of drug-likeness (QED) is 0.810. The number of aliphatic hydroxyl groups excluding tert-OH is 1. The van der Waals surface area contributed by atoms with E-state index in [1.807, 2.05) is 0 Å². The zero-order valence-corrected chi connectivity index (χ0v) is 13.7. The van der Waals surface area contributed by atoms with Crippen LogP contribution in [-0.2, 0) is 9.53 Å². The monoisotopic (exact) mass is 304 g/mol.